The zero-order valence-corrected chi connectivity index (χ0v) is 16.2. The van der Waals surface area contributed by atoms with Crippen LogP contribution >= 0.6 is 11.8 Å². The summed E-state index contributed by atoms with van der Waals surface area (Å²) in [5, 5.41) is 5.65. The molecule has 0 bridgehead atoms. The Balaban J connectivity index is 2.19. The summed E-state index contributed by atoms with van der Waals surface area (Å²) in [5.74, 6) is 0.115. The number of rotatable bonds is 9. The fraction of sp³-hybridized carbons (Fsp3) is 0.529. The monoisotopic (exact) mass is 405 g/mol. The van der Waals surface area contributed by atoms with E-state index < -0.39 is 12.8 Å². The van der Waals surface area contributed by atoms with Gasteiger partial charge in [-0.2, -0.15) is 13.9 Å². The van der Waals surface area contributed by atoms with E-state index in [0.29, 0.717) is 23.6 Å². The number of carbonyl (C=O) groups is 1. The highest BCUT2D eigenvalue weighted by molar-refractivity contribution is 8.14. The molecule has 6 nitrogen and oxygen atoms in total. The van der Waals surface area contributed by atoms with Gasteiger partial charge in [-0.3, -0.25) is 4.79 Å². The number of amides is 1. The maximum absolute atomic E-state index is 13.2. The van der Waals surface area contributed by atoms with Crippen molar-refractivity contribution in [2.24, 2.45) is 5.10 Å². The van der Waals surface area contributed by atoms with E-state index in [1.54, 1.807) is 0 Å². The Labute approximate surface area is 160 Å². The molecule has 150 valence electrons. The van der Waals surface area contributed by atoms with E-state index in [1.165, 1.54) is 30.3 Å². The first-order chi connectivity index (χ1) is 12.8. The maximum atomic E-state index is 13.2. The maximum Gasteiger partial charge on any atom is 0.427 e. The molecule has 1 aromatic rings. The van der Waals surface area contributed by atoms with Crippen LogP contribution in [0.2, 0.25) is 0 Å². The molecule has 1 aliphatic heterocycles. The van der Waals surface area contributed by atoms with Crippen molar-refractivity contribution < 1.29 is 27.4 Å². The average molecular weight is 405 g/mol. The predicted octanol–water partition coefficient (Wildman–Crippen LogP) is 3.46. The molecule has 1 heterocycles. The van der Waals surface area contributed by atoms with Gasteiger partial charge in [-0.1, -0.05) is 11.8 Å². The number of methoxy groups -OCH3 is 1. The molecule has 0 atom stereocenters. The minimum atomic E-state index is -3.93. The van der Waals surface area contributed by atoms with Crippen molar-refractivity contribution in [3.63, 3.8) is 0 Å². The number of halogens is 3. The lowest BCUT2D eigenvalue weighted by molar-refractivity contribution is -0.187. The Bertz CT molecular complexity index is 701. The Kier molecular flexibility index (Phi) is 7.37. The molecule has 10 heteroatoms. The van der Waals surface area contributed by atoms with Crippen LogP contribution in [0.15, 0.2) is 23.3 Å². The molecular formula is C17H22F3N3O3S. The van der Waals surface area contributed by atoms with Crippen molar-refractivity contribution in [1.82, 2.24) is 9.91 Å². The van der Waals surface area contributed by atoms with Gasteiger partial charge in [-0.15, -0.1) is 0 Å². The van der Waals surface area contributed by atoms with Gasteiger partial charge in [0.15, 0.2) is 18.2 Å². The minimum absolute atomic E-state index is 0.0318. The second-order valence-corrected chi connectivity index (χ2v) is 7.05. The Morgan fingerprint density at radius 1 is 1.33 bits per heavy atom. The van der Waals surface area contributed by atoms with Crippen LogP contribution in [-0.4, -0.2) is 73.7 Å². The van der Waals surface area contributed by atoms with Crippen LogP contribution in [0.4, 0.5) is 18.0 Å². The summed E-state index contributed by atoms with van der Waals surface area (Å²) >= 11 is 1.12. The molecule has 0 fully saturated rings. The average Bonchev–Trinajstić information content (AvgIpc) is 2.63. The lowest BCUT2D eigenvalue weighted by Gasteiger charge is -2.24. The van der Waals surface area contributed by atoms with E-state index >= 15 is 0 Å². The Hall–Kier alpha value is -1.94. The smallest absolute Gasteiger partial charge is 0.427 e. The molecule has 0 N–H and O–H groups in total. The van der Waals surface area contributed by atoms with Gasteiger partial charge in [0.2, 0.25) is 0 Å². The summed E-state index contributed by atoms with van der Waals surface area (Å²) in [6.07, 6.45) is -3.16. The van der Waals surface area contributed by atoms with E-state index in [0.717, 1.165) is 24.7 Å². The second kappa shape index (κ2) is 9.32. The van der Waals surface area contributed by atoms with E-state index in [2.05, 4.69) is 9.84 Å². The summed E-state index contributed by atoms with van der Waals surface area (Å²) in [7, 11) is 5.20. The zero-order chi connectivity index (χ0) is 20.0. The molecule has 0 radical (unpaired) electrons. The fourth-order valence-corrected chi connectivity index (χ4v) is 3.12. The van der Waals surface area contributed by atoms with Gasteiger partial charge in [0.25, 0.3) is 0 Å². The van der Waals surface area contributed by atoms with Gasteiger partial charge >= 0.3 is 11.3 Å². The van der Waals surface area contributed by atoms with Gasteiger partial charge in [-0.05, 0) is 45.3 Å². The summed E-state index contributed by atoms with van der Waals surface area (Å²) in [4.78, 5) is 14.0. The molecule has 1 aliphatic rings. The van der Waals surface area contributed by atoms with Gasteiger partial charge in [0.1, 0.15) is 0 Å². The third-order valence-corrected chi connectivity index (χ3v) is 4.55. The summed E-state index contributed by atoms with van der Waals surface area (Å²) in [6, 6.07) is 4.29. The van der Waals surface area contributed by atoms with Crippen LogP contribution < -0.4 is 9.47 Å². The van der Waals surface area contributed by atoms with E-state index in [1.807, 2.05) is 19.0 Å². The lowest BCUT2D eigenvalue weighted by Crippen LogP contribution is -2.32. The number of ether oxygens (including phenoxy) is 2. The number of carbonyl (C=O) groups excluding carboxylic acids is 1. The number of benzene rings is 1. The predicted molar refractivity (Wildman–Crippen MR) is 98.8 cm³/mol. The van der Waals surface area contributed by atoms with E-state index in [-0.39, 0.29) is 16.7 Å². The van der Waals surface area contributed by atoms with Gasteiger partial charge < -0.3 is 14.4 Å². The van der Waals surface area contributed by atoms with Gasteiger partial charge in [-0.25, -0.2) is 9.40 Å². The first-order valence-corrected chi connectivity index (χ1v) is 9.22. The summed E-state index contributed by atoms with van der Waals surface area (Å²) in [6.45, 7) is -0.637. The van der Waals surface area contributed by atoms with Crippen molar-refractivity contribution in [2.45, 2.75) is 12.5 Å². The molecule has 2 rings (SSSR count). The number of thioether (sulfide) groups is 1. The minimum Gasteiger partial charge on any atom is -0.493 e. The molecule has 27 heavy (non-hydrogen) atoms. The van der Waals surface area contributed by atoms with Crippen molar-refractivity contribution in [2.75, 3.05) is 46.7 Å². The molecule has 0 saturated carbocycles. The fourth-order valence-electron chi connectivity index (χ4n) is 2.36. The van der Waals surface area contributed by atoms with Crippen molar-refractivity contribution in [1.29, 1.82) is 0 Å². The molecule has 0 spiro atoms. The van der Waals surface area contributed by atoms with Crippen molar-refractivity contribution >= 4 is 22.7 Å². The lowest BCUT2D eigenvalue weighted by atomic mass is 10.1. The number of hydrogen-bond acceptors (Lipinski definition) is 6. The molecule has 1 aromatic carbocycles. The van der Waals surface area contributed by atoms with Crippen LogP contribution in [0.5, 0.6) is 11.5 Å². The van der Waals surface area contributed by atoms with Crippen LogP contribution in [0.1, 0.15) is 12.0 Å². The van der Waals surface area contributed by atoms with Crippen molar-refractivity contribution in [3.8, 4) is 11.5 Å². The largest absolute Gasteiger partial charge is 0.493 e. The topological polar surface area (TPSA) is 54.4 Å². The zero-order valence-electron chi connectivity index (χ0n) is 15.4. The quantitative estimate of drug-likeness (QED) is 0.630. The van der Waals surface area contributed by atoms with Crippen LogP contribution in [0.25, 0.3) is 0 Å². The molecule has 0 saturated heterocycles. The Morgan fingerprint density at radius 2 is 2.07 bits per heavy atom. The van der Waals surface area contributed by atoms with Crippen LogP contribution in [0, 0.1) is 0 Å². The number of alkyl halides is 3. The first kappa shape index (κ1) is 21.4. The third-order valence-electron chi connectivity index (χ3n) is 3.67. The van der Waals surface area contributed by atoms with Crippen molar-refractivity contribution in [3.05, 3.63) is 23.8 Å². The highest BCUT2D eigenvalue weighted by Gasteiger charge is 2.33. The highest BCUT2D eigenvalue weighted by atomic mass is 32.2. The summed E-state index contributed by atoms with van der Waals surface area (Å²) < 4.78 is 48.1. The second-order valence-electron chi connectivity index (χ2n) is 6.12. The number of nitrogens with zero attached hydrogens (tertiary/aromatic N) is 3. The molecule has 0 aromatic heterocycles. The highest BCUT2D eigenvalue weighted by Crippen LogP contribution is 2.33. The van der Waals surface area contributed by atoms with Gasteiger partial charge in [0.05, 0.1) is 12.8 Å². The van der Waals surface area contributed by atoms with Crippen LogP contribution in [-0.2, 0) is 0 Å². The van der Waals surface area contributed by atoms with E-state index in [9.17, 15) is 18.0 Å². The normalized spacial score (nSPS) is 15.1. The first-order valence-electron chi connectivity index (χ1n) is 8.23. The standard InChI is InChI=1S/C17H22F3N3O3S/c1-22(2)7-4-8-23-16(24)27-10-13(21-23)12-5-6-14(15(9-12)25-3)26-17(19,20)11-18/h5-6,9H,4,7-8,10-11H2,1-3H3. The molecular weight excluding hydrogens is 383 g/mol. The number of hydrazone groups is 1. The van der Waals surface area contributed by atoms with E-state index in [4.69, 9.17) is 4.74 Å². The third kappa shape index (κ3) is 6.03. The number of hydrogen-bond donors (Lipinski definition) is 0. The van der Waals surface area contributed by atoms with Gasteiger partial charge in [0, 0.05) is 17.9 Å². The summed E-state index contributed by atoms with van der Waals surface area (Å²) in [5.41, 5.74) is 1.23. The Morgan fingerprint density at radius 3 is 2.70 bits per heavy atom. The van der Waals surface area contributed by atoms with Crippen LogP contribution in [0.3, 0.4) is 0 Å². The molecule has 1 amide bonds. The molecule has 0 aliphatic carbocycles. The molecule has 0 unspecified atom stereocenters. The SMILES string of the molecule is COc1cc(C2=NN(CCCN(C)C)C(=O)SC2)ccc1OC(F)(F)CF.